The maximum absolute atomic E-state index is 12.2. The van der Waals surface area contributed by atoms with E-state index in [9.17, 15) is 4.79 Å². The van der Waals surface area contributed by atoms with Gasteiger partial charge in [-0.15, -0.1) is 0 Å². The Morgan fingerprint density at radius 1 is 1.25 bits per heavy atom. The van der Waals surface area contributed by atoms with Gasteiger partial charge in [-0.2, -0.15) is 9.97 Å². The summed E-state index contributed by atoms with van der Waals surface area (Å²) in [6.07, 6.45) is 12.3. The number of nitrogen functional groups attached to an aromatic ring is 1. The smallest absolute Gasteiger partial charge is 0.320 e. The molecule has 3 heterocycles. The predicted octanol–water partition coefficient (Wildman–Crippen LogP) is 3.15. The molecule has 0 bridgehead atoms. The van der Waals surface area contributed by atoms with Crippen molar-refractivity contribution in [3.63, 3.8) is 0 Å². The van der Waals surface area contributed by atoms with Crippen LogP contribution in [0.15, 0.2) is 36.0 Å². The van der Waals surface area contributed by atoms with E-state index >= 15 is 0 Å². The molecule has 2 aliphatic heterocycles. The summed E-state index contributed by atoms with van der Waals surface area (Å²) in [5.41, 5.74) is 8.78. The minimum absolute atomic E-state index is 0.127. The van der Waals surface area contributed by atoms with E-state index in [-0.39, 0.29) is 24.3 Å². The van der Waals surface area contributed by atoms with Crippen LogP contribution < -0.4 is 20.7 Å². The minimum Gasteiger partial charge on any atom is -0.463 e. The molecule has 0 spiro atoms. The summed E-state index contributed by atoms with van der Waals surface area (Å²) in [7, 11) is 0. The molecular formula is C24H34N6O2. The SMILES string of the molecule is C=C(/C=C\C=C(/C)CN1CC(=O)Nc2c(N)nc(OCC3CCC3)nc21)CN1CCCC1. The van der Waals surface area contributed by atoms with Crippen LogP contribution in [-0.2, 0) is 4.79 Å². The Morgan fingerprint density at radius 3 is 2.75 bits per heavy atom. The van der Waals surface area contributed by atoms with Crippen molar-refractivity contribution in [1.29, 1.82) is 0 Å². The second-order valence-electron chi connectivity index (χ2n) is 9.12. The molecule has 1 amide bonds. The van der Waals surface area contributed by atoms with Gasteiger partial charge in [0.15, 0.2) is 11.6 Å². The molecule has 0 radical (unpaired) electrons. The van der Waals surface area contributed by atoms with Crippen molar-refractivity contribution in [1.82, 2.24) is 14.9 Å². The van der Waals surface area contributed by atoms with Crippen molar-refractivity contribution >= 4 is 23.2 Å². The van der Waals surface area contributed by atoms with Crippen LogP contribution in [0.4, 0.5) is 17.3 Å². The van der Waals surface area contributed by atoms with Gasteiger partial charge in [0, 0.05) is 13.1 Å². The number of amides is 1. The van der Waals surface area contributed by atoms with Crippen LogP contribution in [0.25, 0.3) is 0 Å². The highest BCUT2D eigenvalue weighted by Crippen LogP contribution is 2.34. The zero-order valence-corrected chi connectivity index (χ0v) is 19.0. The molecule has 1 aromatic heterocycles. The second-order valence-corrected chi connectivity index (χ2v) is 9.12. The Hall–Kier alpha value is -2.87. The monoisotopic (exact) mass is 438 g/mol. The molecule has 4 rings (SSSR count). The van der Waals surface area contributed by atoms with Gasteiger partial charge < -0.3 is 20.7 Å². The van der Waals surface area contributed by atoms with Crippen LogP contribution in [0.1, 0.15) is 39.0 Å². The lowest BCUT2D eigenvalue weighted by atomic mass is 9.86. The van der Waals surface area contributed by atoms with E-state index in [1.165, 1.54) is 32.1 Å². The van der Waals surface area contributed by atoms with Crippen LogP contribution in [0.5, 0.6) is 6.01 Å². The fourth-order valence-electron chi connectivity index (χ4n) is 4.25. The molecule has 1 aliphatic carbocycles. The number of nitrogens with two attached hydrogens (primary N) is 1. The first-order chi connectivity index (χ1) is 15.5. The summed E-state index contributed by atoms with van der Waals surface area (Å²) in [5, 5.41) is 2.80. The van der Waals surface area contributed by atoms with E-state index in [0.717, 1.165) is 30.8 Å². The van der Waals surface area contributed by atoms with Crippen LogP contribution in [0.2, 0.25) is 0 Å². The molecule has 1 saturated heterocycles. The van der Waals surface area contributed by atoms with Gasteiger partial charge in [0.25, 0.3) is 0 Å². The standard InChI is InChI=1S/C24H34N6O2/c1-17(13-29-11-3-4-12-29)7-5-8-18(2)14-30-15-20(31)26-21-22(25)27-24(28-23(21)30)32-16-19-9-6-10-19/h5,7-8,19H,1,3-4,6,9-16H2,2H3,(H,26,31)(H2,25,27,28)/b7-5-,18-8+. The molecule has 0 aromatic carbocycles. The first-order valence-corrected chi connectivity index (χ1v) is 11.6. The van der Waals surface area contributed by atoms with Gasteiger partial charge >= 0.3 is 6.01 Å². The summed E-state index contributed by atoms with van der Waals surface area (Å²) < 4.78 is 5.80. The molecule has 8 heteroatoms. The number of ether oxygens (including phenoxy) is 1. The van der Waals surface area contributed by atoms with Crippen molar-refractivity contribution in [2.75, 3.05) is 55.3 Å². The highest BCUT2D eigenvalue weighted by molar-refractivity contribution is 6.03. The number of carbonyl (C=O) groups is 1. The quantitative estimate of drug-likeness (QED) is 0.572. The number of nitrogens with one attached hydrogen (secondary N) is 1. The summed E-state index contributed by atoms with van der Waals surface area (Å²) in [6, 6.07) is 0.272. The second kappa shape index (κ2) is 10.2. The van der Waals surface area contributed by atoms with Crippen molar-refractivity contribution < 1.29 is 9.53 Å². The number of carbonyl (C=O) groups excluding carboxylic acids is 1. The zero-order chi connectivity index (χ0) is 22.5. The van der Waals surface area contributed by atoms with Gasteiger partial charge in [-0.05, 0) is 57.2 Å². The first-order valence-electron chi connectivity index (χ1n) is 11.6. The van der Waals surface area contributed by atoms with Crippen molar-refractivity contribution in [3.8, 4) is 6.01 Å². The number of anilines is 3. The van der Waals surface area contributed by atoms with Gasteiger partial charge in [-0.25, -0.2) is 0 Å². The van der Waals surface area contributed by atoms with Crippen LogP contribution in [-0.4, -0.2) is 60.1 Å². The fourth-order valence-corrected chi connectivity index (χ4v) is 4.25. The highest BCUT2D eigenvalue weighted by Gasteiger charge is 2.28. The number of hydrogen-bond donors (Lipinski definition) is 2. The molecular weight excluding hydrogens is 404 g/mol. The number of rotatable bonds is 9. The van der Waals surface area contributed by atoms with E-state index in [0.29, 0.717) is 30.6 Å². The molecule has 0 atom stereocenters. The van der Waals surface area contributed by atoms with E-state index in [4.69, 9.17) is 10.5 Å². The number of nitrogens with zero attached hydrogens (tertiary/aromatic N) is 4. The third-order valence-electron chi connectivity index (χ3n) is 6.25. The summed E-state index contributed by atoms with van der Waals surface area (Å²) in [6.45, 7) is 10.8. The number of allylic oxidation sites excluding steroid dienone is 2. The summed E-state index contributed by atoms with van der Waals surface area (Å²) >= 11 is 0. The van der Waals surface area contributed by atoms with Gasteiger partial charge in [-0.1, -0.05) is 36.8 Å². The number of hydrogen-bond acceptors (Lipinski definition) is 7. The molecule has 1 saturated carbocycles. The van der Waals surface area contributed by atoms with Gasteiger partial charge in [0.2, 0.25) is 5.91 Å². The average molecular weight is 439 g/mol. The number of aromatic nitrogens is 2. The molecule has 1 aromatic rings. The lowest BCUT2D eigenvalue weighted by molar-refractivity contribution is -0.115. The molecule has 3 aliphatic rings. The molecule has 3 N–H and O–H groups in total. The fraction of sp³-hybridized carbons (Fsp3) is 0.542. The van der Waals surface area contributed by atoms with E-state index in [2.05, 4.69) is 38.9 Å². The molecule has 8 nitrogen and oxygen atoms in total. The molecule has 0 unspecified atom stereocenters. The average Bonchev–Trinajstić information content (AvgIpc) is 3.20. The topological polar surface area (TPSA) is 96.6 Å². The third kappa shape index (κ3) is 5.68. The summed E-state index contributed by atoms with van der Waals surface area (Å²) in [5.74, 6) is 1.29. The van der Waals surface area contributed by atoms with E-state index in [1.807, 2.05) is 17.9 Å². The maximum atomic E-state index is 12.2. The Bertz CT molecular complexity index is 915. The number of likely N-dealkylation sites (tertiary alicyclic amines) is 1. The third-order valence-corrected chi connectivity index (χ3v) is 6.25. The van der Waals surface area contributed by atoms with Crippen molar-refractivity contribution in [2.24, 2.45) is 5.92 Å². The van der Waals surface area contributed by atoms with E-state index < -0.39 is 0 Å². The largest absolute Gasteiger partial charge is 0.463 e. The lowest BCUT2D eigenvalue weighted by Gasteiger charge is -2.31. The molecule has 172 valence electrons. The maximum Gasteiger partial charge on any atom is 0.320 e. The van der Waals surface area contributed by atoms with Gasteiger partial charge in [0.05, 0.1) is 13.2 Å². The zero-order valence-electron chi connectivity index (χ0n) is 19.0. The minimum atomic E-state index is -0.127. The molecule has 32 heavy (non-hydrogen) atoms. The normalized spacial score (nSPS) is 19.7. The predicted molar refractivity (Wildman–Crippen MR) is 128 cm³/mol. The Balaban J connectivity index is 1.40. The lowest BCUT2D eigenvalue weighted by Crippen LogP contribution is -2.40. The Labute approximate surface area is 190 Å². The van der Waals surface area contributed by atoms with Crippen molar-refractivity contribution in [3.05, 3.63) is 36.0 Å². The number of fused-ring (bicyclic) bond motifs is 1. The summed E-state index contributed by atoms with van der Waals surface area (Å²) in [4.78, 5) is 25.4. The Kier molecular flexibility index (Phi) is 7.09. The van der Waals surface area contributed by atoms with Crippen LogP contribution in [0, 0.1) is 5.92 Å². The van der Waals surface area contributed by atoms with Crippen LogP contribution >= 0.6 is 0 Å². The van der Waals surface area contributed by atoms with Gasteiger partial charge in [-0.3, -0.25) is 9.69 Å². The van der Waals surface area contributed by atoms with Gasteiger partial charge in [0.1, 0.15) is 5.69 Å². The van der Waals surface area contributed by atoms with Crippen molar-refractivity contribution in [2.45, 2.75) is 39.0 Å². The van der Waals surface area contributed by atoms with Crippen LogP contribution in [0.3, 0.4) is 0 Å². The molecule has 2 fully saturated rings. The highest BCUT2D eigenvalue weighted by atomic mass is 16.5. The van der Waals surface area contributed by atoms with E-state index in [1.54, 1.807) is 0 Å². The Morgan fingerprint density at radius 2 is 2.03 bits per heavy atom. The first kappa shape index (κ1) is 22.3.